The molecule has 30 heavy (non-hydrogen) atoms. The van der Waals surface area contributed by atoms with Gasteiger partial charge in [0.25, 0.3) is 0 Å². The van der Waals surface area contributed by atoms with E-state index in [-0.39, 0.29) is 11.6 Å². The quantitative estimate of drug-likeness (QED) is 0.314. The van der Waals surface area contributed by atoms with Crippen LogP contribution < -0.4 is 10.6 Å². The van der Waals surface area contributed by atoms with Crippen LogP contribution >= 0.6 is 27.5 Å². The Morgan fingerprint density at radius 1 is 1.13 bits per heavy atom. The van der Waals surface area contributed by atoms with Crippen LogP contribution in [0.4, 0.5) is 4.79 Å². The average Bonchev–Trinajstić information content (AvgIpc) is 3.07. The number of nitrogens with one attached hydrogen (secondary N) is 3. The fraction of sp³-hybridized carbons (Fsp3) is 0.217. The van der Waals surface area contributed by atoms with Crippen molar-refractivity contribution in [2.45, 2.75) is 32.9 Å². The van der Waals surface area contributed by atoms with E-state index in [0.717, 1.165) is 43.1 Å². The number of amides is 2. The molecule has 0 fully saturated rings. The first-order valence-electron chi connectivity index (χ1n) is 9.62. The molecule has 7 heteroatoms. The van der Waals surface area contributed by atoms with Gasteiger partial charge in [-0.15, -0.1) is 0 Å². The molecule has 2 amide bonds. The van der Waals surface area contributed by atoms with Gasteiger partial charge < -0.3 is 15.6 Å². The summed E-state index contributed by atoms with van der Waals surface area (Å²) in [6, 6.07) is 13.5. The number of benzene rings is 2. The van der Waals surface area contributed by atoms with Crippen LogP contribution in [0, 0.1) is 0 Å². The monoisotopic (exact) mass is 484 g/mol. The highest BCUT2D eigenvalue weighted by molar-refractivity contribution is 9.10. The number of pyridine rings is 1. The van der Waals surface area contributed by atoms with Crippen LogP contribution in [0.25, 0.3) is 33.1 Å². The van der Waals surface area contributed by atoms with Gasteiger partial charge in [-0.25, -0.2) is 9.78 Å². The van der Waals surface area contributed by atoms with Crippen LogP contribution in [0.5, 0.6) is 0 Å². The number of carbonyl (C=O) groups excluding carboxylic acids is 1. The molecule has 0 saturated carbocycles. The molecule has 154 valence electrons. The lowest BCUT2D eigenvalue weighted by Crippen LogP contribution is -2.46. The zero-order valence-corrected chi connectivity index (χ0v) is 19.3. The van der Waals surface area contributed by atoms with Gasteiger partial charge in [0.2, 0.25) is 0 Å². The normalized spacial score (nSPS) is 11.8. The molecule has 4 rings (SSSR count). The maximum absolute atomic E-state index is 12.3. The summed E-state index contributed by atoms with van der Waals surface area (Å²) in [5.74, 6) is 0. The Labute approximate surface area is 188 Å². The second-order valence-corrected chi connectivity index (χ2v) is 9.63. The molecule has 0 spiro atoms. The Balaban J connectivity index is 1.77. The summed E-state index contributed by atoms with van der Waals surface area (Å²) >= 11 is 9.78. The van der Waals surface area contributed by atoms with Crippen LogP contribution in [0.15, 0.2) is 53.1 Å². The summed E-state index contributed by atoms with van der Waals surface area (Å²) in [5.41, 5.74) is 4.30. The zero-order chi connectivity index (χ0) is 21.5. The third-order valence-electron chi connectivity index (χ3n) is 4.71. The van der Waals surface area contributed by atoms with Gasteiger partial charge in [0.05, 0.1) is 11.2 Å². The summed E-state index contributed by atoms with van der Waals surface area (Å²) in [7, 11) is 0. The molecule has 5 nitrogen and oxygen atoms in total. The van der Waals surface area contributed by atoms with E-state index in [0.29, 0.717) is 11.6 Å². The van der Waals surface area contributed by atoms with Crippen LogP contribution in [0.2, 0.25) is 5.02 Å². The van der Waals surface area contributed by atoms with E-state index in [1.54, 1.807) is 0 Å². The minimum absolute atomic E-state index is 0.209. The second-order valence-electron chi connectivity index (χ2n) is 8.28. The van der Waals surface area contributed by atoms with E-state index in [2.05, 4.69) is 37.6 Å². The number of carbonyl (C=O) groups is 1. The topological polar surface area (TPSA) is 69.8 Å². The molecule has 2 heterocycles. The summed E-state index contributed by atoms with van der Waals surface area (Å²) in [6.07, 6.45) is 1.96. The van der Waals surface area contributed by atoms with Crippen LogP contribution in [0.1, 0.15) is 26.3 Å². The Morgan fingerprint density at radius 3 is 2.70 bits per heavy atom. The number of rotatable bonds is 3. The number of fused-ring (bicyclic) bond motifs is 2. The van der Waals surface area contributed by atoms with Gasteiger partial charge in [-0.1, -0.05) is 33.6 Å². The standard InChI is InChI=1S/C23H22BrClN4O/c1-23(2,3)29-22(30)27-11-13-8-20(28-21-10-15(25)5-6-16(13)21)18-12-26-19-7-4-14(24)9-17(18)19/h4-10,12,26H,11H2,1-3H3,(H2,27,29,30). The first-order chi connectivity index (χ1) is 14.2. The molecular formula is C23H22BrClN4O. The number of urea groups is 1. The molecular weight excluding hydrogens is 464 g/mol. The van der Waals surface area contributed by atoms with E-state index >= 15 is 0 Å². The third-order valence-corrected chi connectivity index (χ3v) is 5.43. The predicted octanol–water partition coefficient (Wildman–Crippen LogP) is 6.40. The maximum atomic E-state index is 12.3. The molecule has 0 radical (unpaired) electrons. The molecule has 0 aliphatic carbocycles. The van der Waals surface area contributed by atoms with Gasteiger partial charge in [0, 0.05) is 49.6 Å². The molecule has 2 aromatic carbocycles. The second kappa shape index (κ2) is 7.93. The molecule has 0 unspecified atom stereocenters. The molecule has 2 aromatic heterocycles. The number of H-pyrrole nitrogens is 1. The van der Waals surface area contributed by atoms with E-state index < -0.39 is 0 Å². The largest absolute Gasteiger partial charge is 0.360 e. The number of nitrogens with zero attached hydrogens (tertiary/aromatic N) is 1. The van der Waals surface area contributed by atoms with Crippen molar-refractivity contribution in [3.63, 3.8) is 0 Å². The fourth-order valence-electron chi connectivity index (χ4n) is 3.42. The Morgan fingerprint density at radius 2 is 1.93 bits per heavy atom. The number of halogens is 2. The Hall–Kier alpha value is -2.57. The van der Waals surface area contributed by atoms with Gasteiger partial charge in [0.1, 0.15) is 0 Å². The highest BCUT2D eigenvalue weighted by Crippen LogP contribution is 2.32. The van der Waals surface area contributed by atoms with Crippen LogP contribution in [-0.4, -0.2) is 21.5 Å². The highest BCUT2D eigenvalue weighted by Gasteiger charge is 2.15. The first kappa shape index (κ1) is 20.7. The average molecular weight is 486 g/mol. The molecule has 0 atom stereocenters. The van der Waals surface area contributed by atoms with Crippen molar-refractivity contribution in [1.82, 2.24) is 20.6 Å². The number of aromatic amines is 1. The van der Waals surface area contributed by atoms with Crippen molar-refractivity contribution in [3.8, 4) is 11.3 Å². The lowest BCUT2D eigenvalue weighted by atomic mass is 10.0. The number of hydrogen-bond donors (Lipinski definition) is 3. The zero-order valence-electron chi connectivity index (χ0n) is 16.9. The van der Waals surface area contributed by atoms with E-state index in [1.165, 1.54) is 0 Å². The Kier molecular flexibility index (Phi) is 5.47. The minimum Gasteiger partial charge on any atom is -0.360 e. The lowest BCUT2D eigenvalue weighted by molar-refractivity contribution is 0.231. The minimum atomic E-state index is -0.305. The van der Waals surface area contributed by atoms with Gasteiger partial charge in [-0.05, 0) is 62.7 Å². The molecule has 0 aliphatic heterocycles. The van der Waals surface area contributed by atoms with Crippen molar-refractivity contribution < 1.29 is 4.79 Å². The van der Waals surface area contributed by atoms with Crippen molar-refractivity contribution in [2.75, 3.05) is 0 Å². The first-order valence-corrected chi connectivity index (χ1v) is 10.8. The molecule has 3 N–H and O–H groups in total. The Bertz CT molecular complexity index is 1260. The van der Waals surface area contributed by atoms with Crippen molar-refractivity contribution in [2.24, 2.45) is 0 Å². The van der Waals surface area contributed by atoms with E-state index in [9.17, 15) is 4.79 Å². The predicted molar refractivity (Wildman–Crippen MR) is 127 cm³/mol. The van der Waals surface area contributed by atoms with E-state index in [1.807, 2.05) is 63.4 Å². The molecule has 0 saturated heterocycles. The third kappa shape index (κ3) is 4.45. The van der Waals surface area contributed by atoms with Crippen molar-refractivity contribution >= 4 is 55.4 Å². The van der Waals surface area contributed by atoms with Gasteiger partial charge in [0.15, 0.2) is 0 Å². The fourth-order valence-corrected chi connectivity index (χ4v) is 3.95. The van der Waals surface area contributed by atoms with E-state index in [4.69, 9.17) is 16.6 Å². The molecule has 0 bridgehead atoms. The van der Waals surface area contributed by atoms with Gasteiger partial charge >= 0.3 is 6.03 Å². The summed E-state index contributed by atoms with van der Waals surface area (Å²) < 4.78 is 1.00. The van der Waals surface area contributed by atoms with Crippen LogP contribution in [-0.2, 0) is 6.54 Å². The van der Waals surface area contributed by atoms with Crippen LogP contribution in [0.3, 0.4) is 0 Å². The lowest BCUT2D eigenvalue weighted by Gasteiger charge is -2.21. The highest BCUT2D eigenvalue weighted by atomic mass is 79.9. The molecule has 4 aromatic rings. The van der Waals surface area contributed by atoms with Crippen molar-refractivity contribution in [1.29, 1.82) is 0 Å². The summed E-state index contributed by atoms with van der Waals surface area (Å²) in [5, 5.41) is 8.53. The number of hydrogen-bond acceptors (Lipinski definition) is 2. The summed E-state index contributed by atoms with van der Waals surface area (Å²) in [6.45, 7) is 6.22. The SMILES string of the molecule is CC(C)(C)NC(=O)NCc1cc(-c2c[nH]c3ccc(Br)cc23)nc2cc(Cl)ccc12. The van der Waals surface area contributed by atoms with Crippen molar-refractivity contribution in [3.05, 3.63) is 63.7 Å². The summed E-state index contributed by atoms with van der Waals surface area (Å²) in [4.78, 5) is 20.4. The smallest absolute Gasteiger partial charge is 0.315 e. The van der Waals surface area contributed by atoms with Gasteiger partial charge in [-0.3, -0.25) is 0 Å². The number of aromatic nitrogens is 2. The maximum Gasteiger partial charge on any atom is 0.315 e. The van der Waals surface area contributed by atoms with Gasteiger partial charge in [-0.2, -0.15) is 0 Å². The molecule has 0 aliphatic rings.